The van der Waals surface area contributed by atoms with Gasteiger partial charge < -0.3 is 0 Å². The van der Waals surface area contributed by atoms with E-state index in [-0.39, 0.29) is 0 Å². The van der Waals surface area contributed by atoms with E-state index < -0.39 is 0 Å². The highest BCUT2D eigenvalue weighted by Gasteiger charge is 1.65. The molecule has 1 heteroatoms. The first-order valence-corrected chi connectivity index (χ1v) is 2.99. The maximum atomic E-state index is 3.25. The summed E-state index contributed by atoms with van der Waals surface area (Å²) in [6.45, 7) is 1.85. The fourth-order valence-corrected chi connectivity index (χ4v) is 0.370. The lowest BCUT2D eigenvalue weighted by Gasteiger charge is -1.70. The highest BCUT2D eigenvalue weighted by Crippen LogP contribution is 1.82. The highest BCUT2D eigenvalue weighted by molar-refractivity contribution is 9.09. The standard InChI is InChI=1S/C5H7Br/c1-2-3-4-5-6/h4-5H2,1H3. The van der Waals surface area contributed by atoms with Gasteiger partial charge in [-0.15, -0.1) is 11.8 Å². The molecule has 0 unspecified atom stereocenters. The number of halogens is 1. The average Bonchev–Trinajstić information content (AvgIpc) is 1.61. The summed E-state index contributed by atoms with van der Waals surface area (Å²) in [5.41, 5.74) is 0. The molecule has 0 aromatic rings. The lowest BCUT2D eigenvalue weighted by molar-refractivity contribution is 1.32. The Balaban J connectivity index is 2.79. The maximum Gasteiger partial charge on any atom is 0.0186 e. The van der Waals surface area contributed by atoms with E-state index >= 15 is 0 Å². The second kappa shape index (κ2) is 5.04. The van der Waals surface area contributed by atoms with Crippen LogP contribution in [0.25, 0.3) is 0 Å². The molecule has 0 heterocycles. The lowest BCUT2D eigenvalue weighted by atomic mass is 10.5. The summed E-state index contributed by atoms with van der Waals surface area (Å²) in [6.07, 6.45) is 0.969. The van der Waals surface area contributed by atoms with Gasteiger partial charge in [0.15, 0.2) is 0 Å². The second-order valence-corrected chi connectivity index (χ2v) is 1.66. The second-order valence-electron chi connectivity index (χ2n) is 0.866. The van der Waals surface area contributed by atoms with Crippen molar-refractivity contribution in [1.82, 2.24) is 0 Å². The number of hydrogen-bond donors (Lipinski definition) is 0. The molecule has 0 N–H and O–H groups in total. The smallest absolute Gasteiger partial charge is 0.0186 e. The van der Waals surface area contributed by atoms with Gasteiger partial charge in [0.25, 0.3) is 0 Å². The Bertz CT molecular complexity index is 65.7. The van der Waals surface area contributed by atoms with Gasteiger partial charge in [-0.2, -0.15) is 0 Å². The van der Waals surface area contributed by atoms with Gasteiger partial charge in [0, 0.05) is 11.8 Å². The van der Waals surface area contributed by atoms with Gasteiger partial charge in [-0.3, -0.25) is 0 Å². The molecular weight excluding hydrogens is 140 g/mol. The molecule has 0 aromatic heterocycles. The van der Waals surface area contributed by atoms with Crippen molar-refractivity contribution in [2.24, 2.45) is 0 Å². The predicted molar refractivity (Wildman–Crippen MR) is 31.9 cm³/mol. The van der Waals surface area contributed by atoms with E-state index in [0.29, 0.717) is 0 Å². The molecule has 0 nitrogen and oxygen atoms in total. The van der Waals surface area contributed by atoms with Gasteiger partial charge in [-0.05, 0) is 6.92 Å². The molecule has 0 rings (SSSR count). The van der Waals surface area contributed by atoms with Gasteiger partial charge in [0.2, 0.25) is 0 Å². The molecule has 6 heavy (non-hydrogen) atoms. The van der Waals surface area contributed by atoms with E-state index in [1.165, 1.54) is 0 Å². The largest absolute Gasteiger partial charge is 0.107 e. The van der Waals surface area contributed by atoms with Gasteiger partial charge >= 0.3 is 0 Å². The van der Waals surface area contributed by atoms with Crippen LogP contribution in [0.1, 0.15) is 13.3 Å². The first kappa shape index (κ1) is 6.04. The fourth-order valence-electron chi connectivity index (χ4n) is 0.172. The molecule has 0 spiro atoms. The molecule has 0 amide bonds. The third-order valence-corrected chi connectivity index (χ3v) is 0.793. The van der Waals surface area contributed by atoms with Gasteiger partial charge in [0.05, 0.1) is 0 Å². The minimum atomic E-state index is 0.969. The quantitative estimate of drug-likeness (QED) is 0.391. The fraction of sp³-hybridized carbons (Fsp3) is 0.600. The Morgan fingerprint density at radius 2 is 2.33 bits per heavy atom. The monoisotopic (exact) mass is 146 g/mol. The van der Waals surface area contributed by atoms with E-state index in [2.05, 4.69) is 27.8 Å². The van der Waals surface area contributed by atoms with E-state index in [4.69, 9.17) is 0 Å². The van der Waals surface area contributed by atoms with E-state index in [0.717, 1.165) is 11.8 Å². The van der Waals surface area contributed by atoms with Crippen molar-refractivity contribution < 1.29 is 0 Å². The first-order chi connectivity index (χ1) is 2.91. The third kappa shape index (κ3) is 4.04. The Hall–Kier alpha value is 0.0400. The molecule has 0 aliphatic carbocycles. The van der Waals surface area contributed by atoms with Crippen molar-refractivity contribution in [3.63, 3.8) is 0 Å². The summed E-state index contributed by atoms with van der Waals surface area (Å²) in [4.78, 5) is 0. The predicted octanol–water partition coefficient (Wildman–Crippen LogP) is 1.79. The summed E-state index contributed by atoms with van der Waals surface area (Å²) < 4.78 is 0. The van der Waals surface area contributed by atoms with E-state index in [1.807, 2.05) is 6.92 Å². The number of alkyl halides is 1. The molecule has 0 aliphatic rings. The summed E-state index contributed by atoms with van der Waals surface area (Å²) >= 11 is 3.25. The van der Waals surface area contributed by atoms with Gasteiger partial charge in [0.1, 0.15) is 0 Å². The molecule has 0 aliphatic heterocycles. The molecule has 0 fully saturated rings. The van der Waals surface area contributed by atoms with Crippen molar-refractivity contribution in [3.05, 3.63) is 0 Å². The molecule has 34 valence electrons. The van der Waals surface area contributed by atoms with Crippen LogP contribution < -0.4 is 0 Å². The van der Waals surface area contributed by atoms with Crippen molar-refractivity contribution >= 4 is 15.9 Å². The Labute approximate surface area is 47.1 Å². The van der Waals surface area contributed by atoms with Crippen LogP contribution in [0.5, 0.6) is 0 Å². The van der Waals surface area contributed by atoms with Gasteiger partial charge in [-0.25, -0.2) is 0 Å². The Morgan fingerprint density at radius 3 is 2.50 bits per heavy atom. The molecule has 0 bridgehead atoms. The van der Waals surface area contributed by atoms with Crippen LogP contribution in [-0.4, -0.2) is 5.33 Å². The number of hydrogen-bond acceptors (Lipinski definition) is 0. The lowest BCUT2D eigenvalue weighted by Crippen LogP contribution is -1.62. The molecule has 0 saturated carbocycles. The topological polar surface area (TPSA) is 0 Å². The molecule has 0 atom stereocenters. The van der Waals surface area contributed by atoms with Crippen molar-refractivity contribution in [2.45, 2.75) is 13.3 Å². The molecule has 0 aromatic carbocycles. The minimum absolute atomic E-state index is 0.969. The zero-order chi connectivity index (χ0) is 4.83. The summed E-state index contributed by atoms with van der Waals surface area (Å²) in [5, 5.41) is 0.994. The maximum absolute atomic E-state index is 3.25. The molecule has 0 radical (unpaired) electrons. The Morgan fingerprint density at radius 1 is 1.67 bits per heavy atom. The van der Waals surface area contributed by atoms with Crippen LogP contribution in [0.4, 0.5) is 0 Å². The number of rotatable bonds is 1. The van der Waals surface area contributed by atoms with Crippen LogP contribution in [0.3, 0.4) is 0 Å². The van der Waals surface area contributed by atoms with E-state index in [9.17, 15) is 0 Å². The normalized spacial score (nSPS) is 6.33. The summed E-state index contributed by atoms with van der Waals surface area (Å²) in [5.74, 6) is 5.69. The van der Waals surface area contributed by atoms with Crippen LogP contribution in [0, 0.1) is 11.8 Å². The minimum Gasteiger partial charge on any atom is -0.107 e. The van der Waals surface area contributed by atoms with Crippen LogP contribution in [0.2, 0.25) is 0 Å². The highest BCUT2D eigenvalue weighted by atomic mass is 79.9. The van der Waals surface area contributed by atoms with E-state index in [1.54, 1.807) is 0 Å². The summed E-state index contributed by atoms with van der Waals surface area (Å²) in [7, 11) is 0. The van der Waals surface area contributed by atoms with Crippen LogP contribution >= 0.6 is 15.9 Å². The molecule has 0 saturated heterocycles. The van der Waals surface area contributed by atoms with Crippen molar-refractivity contribution in [3.8, 4) is 11.8 Å². The van der Waals surface area contributed by atoms with Crippen molar-refractivity contribution in [2.75, 3.05) is 5.33 Å². The summed E-state index contributed by atoms with van der Waals surface area (Å²) in [6, 6.07) is 0. The van der Waals surface area contributed by atoms with Gasteiger partial charge in [-0.1, -0.05) is 15.9 Å². The zero-order valence-corrected chi connectivity index (χ0v) is 5.38. The zero-order valence-electron chi connectivity index (χ0n) is 3.79. The average molecular weight is 147 g/mol. The van der Waals surface area contributed by atoms with Crippen LogP contribution in [0.15, 0.2) is 0 Å². The third-order valence-electron chi connectivity index (χ3n) is 0.396. The Kier molecular flexibility index (Phi) is 5.07. The first-order valence-electron chi connectivity index (χ1n) is 1.87. The SMILES string of the molecule is CC#CCCBr. The molecular formula is C5H7Br. The van der Waals surface area contributed by atoms with Crippen LogP contribution in [-0.2, 0) is 0 Å². The van der Waals surface area contributed by atoms with Crippen molar-refractivity contribution in [1.29, 1.82) is 0 Å².